The number of halogens is 1. The van der Waals surface area contributed by atoms with Gasteiger partial charge in [-0.3, -0.25) is 10.1 Å². The lowest BCUT2D eigenvalue weighted by Gasteiger charge is -2.21. The number of rotatable bonds is 7. The first-order valence-electron chi connectivity index (χ1n) is 5.24. The molecular weight excluding hydrogens is 388 g/mol. The Morgan fingerprint density at radius 3 is 2.50 bits per heavy atom. The molecule has 5 nitrogen and oxygen atoms in total. The average molecular weight is 401 g/mol. The molecule has 1 aromatic rings. The quantitative estimate of drug-likeness (QED) is 0.229. The Labute approximate surface area is 124 Å². The number of nitrogens with zero attached hydrogens (tertiary/aromatic N) is 1. The van der Waals surface area contributed by atoms with Gasteiger partial charge < -0.3 is 9.05 Å². The maximum atomic E-state index is 10.5. The lowest BCUT2D eigenvalue weighted by atomic mass is 10.3. The molecule has 0 fully saturated rings. The molecule has 1 unspecified atom stereocenters. The minimum absolute atomic E-state index is 0.0281. The molecule has 100 valence electrons. The van der Waals surface area contributed by atoms with E-state index in [-0.39, 0.29) is 5.69 Å². The number of non-ortho nitro benzene ring substituents is 1. The molecular formula is C10H13INO4PS. The van der Waals surface area contributed by atoms with Crippen molar-refractivity contribution in [1.82, 2.24) is 0 Å². The first-order chi connectivity index (χ1) is 8.50. The Kier molecular flexibility index (Phi) is 6.48. The Bertz CT molecular complexity index is 454. The van der Waals surface area contributed by atoms with E-state index in [1.165, 1.54) is 12.1 Å². The van der Waals surface area contributed by atoms with E-state index in [9.17, 15) is 10.1 Å². The standard InChI is InChI=1S/C10H13INO4PS/c1-2-17(18,15-8-7-11)16-10-5-3-9(4-6-10)12(13)14/h3-6H,2,7-8H2,1H3. The second-order valence-corrected chi connectivity index (χ2v) is 8.33. The monoisotopic (exact) mass is 401 g/mol. The number of hydrogen-bond donors (Lipinski definition) is 0. The highest BCUT2D eigenvalue weighted by Gasteiger charge is 2.18. The molecule has 0 spiro atoms. The van der Waals surface area contributed by atoms with Crippen molar-refractivity contribution in [2.24, 2.45) is 0 Å². The van der Waals surface area contributed by atoms with Crippen LogP contribution < -0.4 is 4.52 Å². The number of alkyl halides is 1. The SMILES string of the molecule is CCP(=S)(OCCI)Oc1ccc([N+](=O)[O-])cc1. The molecule has 8 heteroatoms. The van der Waals surface area contributed by atoms with Crippen LogP contribution in [0.15, 0.2) is 24.3 Å². The Hall–Kier alpha value is -0.240. The van der Waals surface area contributed by atoms with Gasteiger partial charge in [-0.1, -0.05) is 29.5 Å². The van der Waals surface area contributed by atoms with Gasteiger partial charge >= 0.3 is 0 Å². The number of hydrogen-bond acceptors (Lipinski definition) is 5. The number of benzene rings is 1. The van der Waals surface area contributed by atoms with Gasteiger partial charge in [-0.25, -0.2) is 0 Å². The maximum Gasteiger partial charge on any atom is 0.269 e. The minimum atomic E-state index is -2.32. The average Bonchev–Trinajstić information content (AvgIpc) is 2.37. The normalized spacial score (nSPS) is 13.9. The van der Waals surface area contributed by atoms with Gasteiger partial charge in [0.1, 0.15) is 5.75 Å². The van der Waals surface area contributed by atoms with Crippen molar-refractivity contribution in [1.29, 1.82) is 0 Å². The lowest BCUT2D eigenvalue weighted by Crippen LogP contribution is -2.02. The highest BCUT2D eigenvalue weighted by molar-refractivity contribution is 14.1. The zero-order chi connectivity index (χ0) is 13.6. The second-order valence-electron chi connectivity index (χ2n) is 3.29. The molecule has 0 aliphatic carbocycles. The molecule has 1 atom stereocenters. The van der Waals surface area contributed by atoms with E-state index in [0.29, 0.717) is 18.5 Å². The van der Waals surface area contributed by atoms with E-state index in [0.717, 1.165) is 4.43 Å². The van der Waals surface area contributed by atoms with Crippen molar-refractivity contribution in [2.75, 3.05) is 17.2 Å². The topological polar surface area (TPSA) is 61.6 Å². The van der Waals surface area contributed by atoms with E-state index in [2.05, 4.69) is 22.6 Å². The molecule has 0 aromatic heterocycles. The van der Waals surface area contributed by atoms with Crippen molar-refractivity contribution < 1.29 is 14.0 Å². The predicted molar refractivity (Wildman–Crippen MR) is 83.4 cm³/mol. The highest BCUT2D eigenvalue weighted by atomic mass is 127. The van der Waals surface area contributed by atoms with Crippen LogP contribution in [0.3, 0.4) is 0 Å². The van der Waals surface area contributed by atoms with Crippen LogP contribution in [0.5, 0.6) is 5.75 Å². The summed E-state index contributed by atoms with van der Waals surface area (Å²) < 4.78 is 12.1. The first-order valence-corrected chi connectivity index (χ1v) is 9.59. The largest absolute Gasteiger partial charge is 0.443 e. The van der Waals surface area contributed by atoms with Crippen molar-refractivity contribution in [3.8, 4) is 5.75 Å². The van der Waals surface area contributed by atoms with Gasteiger partial charge in [-0.05, 0) is 23.9 Å². The predicted octanol–water partition coefficient (Wildman–Crippen LogP) is 3.75. The molecule has 1 rings (SSSR count). The fraction of sp³-hybridized carbons (Fsp3) is 0.400. The molecule has 0 aliphatic rings. The van der Waals surface area contributed by atoms with Crippen molar-refractivity contribution >= 4 is 46.6 Å². The van der Waals surface area contributed by atoms with Crippen LogP contribution in [0.2, 0.25) is 0 Å². The first kappa shape index (κ1) is 15.8. The molecule has 0 saturated carbocycles. The van der Waals surface area contributed by atoms with E-state index < -0.39 is 11.4 Å². The third-order valence-electron chi connectivity index (χ3n) is 2.04. The van der Waals surface area contributed by atoms with Crippen molar-refractivity contribution in [3.63, 3.8) is 0 Å². The van der Waals surface area contributed by atoms with Crippen LogP contribution in [0.1, 0.15) is 6.92 Å². The fourth-order valence-corrected chi connectivity index (χ4v) is 3.37. The van der Waals surface area contributed by atoms with Gasteiger partial charge in [-0.15, -0.1) is 0 Å². The van der Waals surface area contributed by atoms with E-state index >= 15 is 0 Å². The summed E-state index contributed by atoms with van der Waals surface area (Å²) >= 11 is 7.57. The minimum Gasteiger partial charge on any atom is -0.443 e. The third kappa shape index (κ3) is 4.79. The fourth-order valence-electron chi connectivity index (χ4n) is 1.15. The summed E-state index contributed by atoms with van der Waals surface area (Å²) in [6.45, 7) is 0.151. The van der Waals surface area contributed by atoms with Gasteiger partial charge in [0, 0.05) is 22.7 Å². The molecule has 1 aromatic carbocycles. The van der Waals surface area contributed by atoms with E-state index in [1.54, 1.807) is 12.1 Å². The second kappa shape index (κ2) is 7.37. The van der Waals surface area contributed by atoms with Crippen LogP contribution in [0.4, 0.5) is 5.69 Å². The summed E-state index contributed by atoms with van der Waals surface area (Å²) in [7, 11) is 0. The van der Waals surface area contributed by atoms with Gasteiger partial charge in [0.2, 0.25) is 6.49 Å². The van der Waals surface area contributed by atoms with Crippen molar-refractivity contribution in [2.45, 2.75) is 6.92 Å². The Balaban J connectivity index is 2.76. The van der Waals surface area contributed by atoms with Crippen LogP contribution in [0, 0.1) is 10.1 Å². The molecule has 18 heavy (non-hydrogen) atoms. The van der Waals surface area contributed by atoms with E-state index in [4.69, 9.17) is 20.9 Å². The molecule has 0 N–H and O–H groups in total. The summed E-state index contributed by atoms with van der Waals surface area (Å²) in [5, 5.41) is 10.5. The van der Waals surface area contributed by atoms with E-state index in [1.807, 2.05) is 6.92 Å². The third-order valence-corrected chi connectivity index (χ3v) is 5.64. The van der Waals surface area contributed by atoms with Gasteiger partial charge in [0.15, 0.2) is 0 Å². The molecule has 0 heterocycles. The molecule has 0 radical (unpaired) electrons. The zero-order valence-electron chi connectivity index (χ0n) is 9.74. The van der Waals surface area contributed by atoms with Crippen LogP contribution in [-0.4, -0.2) is 22.1 Å². The molecule has 0 saturated heterocycles. The highest BCUT2D eigenvalue weighted by Crippen LogP contribution is 2.48. The smallest absolute Gasteiger partial charge is 0.269 e. The summed E-state index contributed by atoms with van der Waals surface area (Å²) in [4.78, 5) is 10.1. The van der Waals surface area contributed by atoms with Crippen LogP contribution in [0.25, 0.3) is 0 Å². The van der Waals surface area contributed by atoms with Gasteiger partial charge in [0.05, 0.1) is 11.5 Å². The number of nitro groups is 1. The Morgan fingerprint density at radius 2 is 2.06 bits per heavy atom. The van der Waals surface area contributed by atoms with Crippen molar-refractivity contribution in [3.05, 3.63) is 34.4 Å². The summed E-state index contributed by atoms with van der Waals surface area (Å²) in [6.07, 6.45) is 0.621. The lowest BCUT2D eigenvalue weighted by molar-refractivity contribution is -0.384. The zero-order valence-corrected chi connectivity index (χ0v) is 13.6. The number of nitro benzene ring substituents is 1. The Morgan fingerprint density at radius 1 is 1.44 bits per heavy atom. The van der Waals surface area contributed by atoms with Gasteiger partial charge in [0.25, 0.3) is 5.69 Å². The van der Waals surface area contributed by atoms with Gasteiger partial charge in [-0.2, -0.15) is 0 Å². The molecule has 0 amide bonds. The maximum absolute atomic E-state index is 10.5. The van der Waals surface area contributed by atoms with Crippen LogP contribution in [-0.2, 0) is 16.3 Å². The summed E-state index contributed by atoms with van der Waals surface area (Å²) in [6, 6.07) is 5.87. The van der Waals surface area contributed by atoms with Crippen LogP contribution >= 0.6 is 29.1 Å². The summed E-state index contributed by atoms with van der Waals surface area (Å²) in [5.41, 5.74) is 0.0281. The summed E-state index contributed by atoms with van der Waals surface area (Å²) in [5.74, 6) is 0.513. The molecule has 0 bridgehead atoms. The molecule has 0 aliphatic heterocycles.